The van der Waals surface area contributed by atoms with Crippen LogP contribution in [-0.2, 0) is 6.42 Å². The van der Waals surface area contributed by atoms with Crippen LogP contribution in [0.15, 0.2) is 23.0 Å². The summed E-state index contributed by atoms with van der Waals surface area (Å²) in [5.74, 6) is 0.698. The van der Waals surface area contributed by atoms with E-state index in [1.165, 1.54) is 0 Å². The molecule has 0 aliphatic carbocycles. The summed E-state index contributed by atoms with van der Waals surface area (Å²) in [5, 5.41) is 2.95. The first-order chi connectivity index (χ1) is 5.22. The van der Waals surface area contributed by atoms with Crippen LogP contribution in [0, 0.1) is 6.92 Å². The van der Waals surface area contributed by atoms with E-state index in [9.17, 15) is 0 Å². The summed E-state index contributed by atoms with van der Waals surface area (Å²) in [6, 6.07) is 0. The molecule has 0 saturated heterocycles. The predicted octanol–water partition coefficient (Wildman–Crippen LogP) is 1.26. The van der Waals surface area contributed by atoms with Crippen LogP contribution in [0.25, 0.3) is 0 Å². The van der Waals surface area contributed by atoms with Crippen LogP contribution in [-0.4, -0.2) is 12.0 Å². The van der Waals surface area contributed by atoms with E-state index in [1.54, 1.807) is 6.26 Å². The molecule has 0 radical (unpaired) electrons. The van der Waals surface area contributed by atoms with Crippen molar-refractivity contribution in [1.82, 2.24) is 10.3 Å². The van der Waals surface area contributed by atoms with Gasteiger partial charge in [0.25, 0.3) is 0 Å². The molecule has 0 unspecified atom stereocenters. The second-order valence-electron chi connectivity index (χ2n) is 2.39. The highest BCUT2D eigenvalue weighted by molar-refractivity contribution is 5.06. The molecule has 11 heavy (non-hydrogen) atoms. The highest BCUT2D eigenvalue weighted by Crippen LogP contribution is 2.03. The van der Waals surface area contributed by atoms with Crippen molar-refractivity contribution < 1.29 is 4.42 Å². The molecule has 0 saturated carbocycles. The van der Waals surface area contributed by atoms with Crippen molar-refractivity contribution in [2.75, 3.05) is 7.05 Å². The van der Waals surface area contributed by atoms with E-state index in [4.69, 9.17) is 4.42 Å². The fourth-order valence-electron chi connectivity index (χ4n) is 0.796. The van der Waals surface area contributed by atoms with E-state index < -0.39 is 0 Å². The van der Waals surface area contributed by atoms with Crippen LogP contribution in [0.4, 0.5) is 0 Å². The fourth-order valence-corrected chi connectivity index (χ4v) is 0.796. The number of likely N-dealkylation sites (N-methyl/N-ethyl adjacent to an activating group) is 1. The molecule has 0 aliphatic rings. The third-order valence-electron chi connectivity index (χ3n) is 1.41. The largest absolute Gasteiger partial charge is 0.449 e. The lowest BCUT2D eigenvalue weighted by molar-refractivity contribution is 0.520. The summed E-state index contributed by atoms with van der Waals surface area (Å²) >= 11 is 0. The number of nitrogens with zero attached hydrogens (tertiary/aromatic N) is 1. The average molecular weight is 152 g/mol. The third kappa shape index (κ3) is 2.11. The predicted molar refractivity (Wildman–Crippen MR) is 43.1 cm³/mol. The molecule has 0 aromatic carbocycles. The summed E-state index contributed by atoms with van der Waals surface area (Å²) in [7, 11) is 1.84. The highest BCUT2D eigenvalue weighted by atomic mass is 16.3. The zero-order chi connectivity index (χ0) is 8.27. The minimum absolute atomic E-state index is 0.698. The van der Waals surface area contributed by atoms with Crippen LogP contribution < -0.4 is 5.32 Å². The first-order valence-electron chi connectivity index (χ1n) is 3.49. The molecule has 1 heterocycles. The van der Waals surface area contributed by atoms with Crippen LogP contribution in [0.3, 0.4) is 0 Å². The van der Waals surface area contributed by atoms with Crippen molar-refractivity contribution in [2.45, 2.75) is 13.3 Å². The zero-order valence-electron chi connectivity index (χ0n) is 6.85. The molecule has 1 aromatic heterocycles. The summed E-state index contributed by atoms with van der Waals surface area (Å²) in [5.41, 5.74) is 1.86. The number of hydrogen-bond donors (Lipinski definition) is 1. The number of rotatable bonds is 3. The van der Waals surface area contributed by atoms with E-state index in [-0.39, 0.29) is 0 Å². The number of hydrogen-bond acceptors (Lipinski definition) is 3. The quantitative estimate of drug-likeness (QED) is 0.708. The van der Waals surface area contributed by atoms with Crippen molar-refractivity contribution in [1.29, 1.82) is 0 Å². The van der Waals surface area contributed by atoms with Crippen LogP contribution in [0.2, 0.25) is 0 Å². The maximum absolute atomic E-state index is 5.03. The third-order valence-corrected chi connectivity index (χ3v) is 1.41. The van der Waals surface area contributed by atoms with Gasteiger partial charge in [-0.25, -0.2) is 4.98 Å². The average Bonchev–Trinajstić information content (AvgIpc) is 2.35. The molecule has 0 bridgehead atoms. The Morgan fingerprint density at radius 1 is 1.82 bits per heavy atom. The second-order valence-corrected chi connectivity index (χ2v) is 2.39. The van der Waals surface area contributed by atoms with Crippen molar-refractivity contribution in [2.24, 2.45) is 0 Å². The first kappa shape index (κ1) is 7.85. The van der Waals surface area contributed by atoms with Gasteiger partial charge in [0.2, 0.25) is 0 Å². The lowest BCUT2D eigenvalue weighted by atomic mass is 10.3. The van der Waals surface area contributed by atoms with Gasteiger partial charge in [-0.1, -0.05) is 6.58 Å². The number of aryl methyl sites for hydroxylation is 1. The van der Waals surface area contributed by atoms with Crippen LogP contribution in [0.1, 0.15) is 11.6 Å². The van der Waals surface area contributed by atoms with E-state index in [1.807, 2.05) is 14.0 Å². The Hall–Kier alpha value is -1.25. The number of aromatic nitrogens is 1. The molecule has 3 heteroatoms. The van der Waals surface area contributed by atoms with Gasteiger partial charge in [0.05, 0.1) is 5.69 Å². The van der Waals surface area contributed by atoms with Gasteiger partial charge < -0.3 is 9.73 Å². The Balaban J connectivity index is 2.57. The van der Waals surface area contributed by atoms with Gasteiger partial charge in [0, 0.05) is 26.1 Å². The number of allylic oxidation sites excluding steroid dienone is 1. The monoisotopic (exact) mass is 152 g/mol. The SMILES string of the molecule is C=C(Cc1coc(C)n1)NC. The Morgan fingerprint density at radius 3 is 3.00 bits per heavy atom. The Morgan fingerprint density at radius 2 is 2.55 bits per heavy atom. The van der Waals surface area contributed by atoms with Gasteiger partial charge in [-0.2, -0.15) is 0 Å². The lowest BCUT2D eigenvalue weighted by Gasteiger charge is -1.99. The summed E-state index contributed by atoms with van der Waals surface area (Å²) in [6.45, 7) is 5.61. The summed E-state index contributed by atoms with van der Waals surface area (Å²) in [4.78, 5) is 4.13. The smallest absolute Gasteiger partial charge is 0.191 e. The van der Waals surface area contributed by atoms with Crippen LogP contribution in [0.5, 0.6) is 0 Å². The van der Waals surface area contributed by atoms with Crippen molar-refractivity contribution in [3.63, 3.8) is 0 Å². The standard InChI is InChI=1S/C8H12N2O/c1-6(9-3)4-8-5-11-7(2)10-8/h5,9H,1,4H2,2-3H3. The second kappa shape index (κ2) is 3.23. The van der Waals surface area contributed by atoms with E-state index in [0.717, 1.165) is 17.8 Å². The van der Waals surface area contributed by atoms with Crippen LogP contribution >= 0.6 is 0 Å². The maximum atomic E-state index is 5.03. The van der Waals surface area contributed by atoms with Crippen molar-refractivity contribution in [3.05, 3.63) is 30.1 Å². The van der Waals surface area contributed by atoms with Gasteiger partial charge >= 0.3 is 0 Å². The van der Waals surface area contributed by atoms with E-state index >= 15 is 0 Å². The topological polar surface area (TPSA) is 38.1 Å². The molecule has 0 amide bonds. The Bertz CT molecular complexity index is 252. The highest BCUT2D eigenvalue weighted by Gasteiger charge is 1.99. The van der Waals surface area contributed by atoms with Crippen molar-refractivity contribution in [3.8, 4) is 0 Å². The molecule has 0 fully saturated rings. The van der Waals surface area contributed by atoms with Gasteiger partial charge in [0.15, 0.2) is 5.89 Å². The van der Waals surface area contributed by atoms with Gasteiger partial charge in [-0.15, -0.1) is 0 Å². The minimum atomic E-state index is 0.698. The normalized spacial score (nSPS) is 9.64. The molecule has 0 aliphatic heterocycles. The molecular formula is C8H12N2O. The first-order valence-corrected chi connectivity index (χ1v) is 3.49. The molecule has 1 rings (SSSR count). The molecule has 3 nitrogen and oxygen atoms in total. The number of nitrogens with one attached hydrogen (secondary N) is 1. The molecule has 1 N–H and O–H groups in total. The van der Waals surface area contributed by atoms with Gasteiger partial charge in [-0.05, 0) is 0 Å². The molecule has 0 spiro atoms. The van der Waals surface area contributed by atoms with Crippen molar-refractivity contribution >= 4 is 0 Å². The summed E-state index contributed by atoms with van der Waals surface area (Å²) < 4.78 is 5.03. The minimum Gasteiger partial charge on any atom is -0.449 e. The summed E-state index contributed by atoms with van der Waals surface area (Å²) in [6.07, 6.45) is 2.38. The Labute approximate surface area is 66.1 Å². The molecule has 60 valence electrons. The zero-order valence-corrected chi connectivity index (χ0v) is 6.85. The van der Waals surface area contributed by atoms with Gasteiger partial charge in [-0.3, -0.25) is 0 Å². The molecular weight excluding hydrogens is 140 g/mol. The number of oxazole rings is 1. The fraction of sp³-hybridized carbons (Fsp3) is 0.375. The molecule has 1 aromatic rings. The van der Waals surface area contributed by atoms with E-state index in [0.29, 0.717) is 5.89 Å². The van der Waals surface area contributed by atoms with E-state index in [2.05, 4.69) is 16.9 Å². The lowest BCUT2D eigenvalue weighted by Crippen LogP contribution is -2.06. The van der Waals surface area contributed by atoms with Gasteiger partial charge in [0.1, 0.15) is 6.26 Å². The maximum Gasteiger partial charge on any atom is 0.191 e. The molecule has 0 atom stereocenters. The Kier molecular flexibility index (Phi) is 2.31.